The van der Waals surface area contributed by atoms with E-state index in [9.17, 15) is 13.2 Å². The van der Waals surface area contributed by atoms with Gasteiger partial charge in [0.1, 0.15) is 5.69 Å². The molecule has 0 amide bonds. The predicted octanol–water partition coefficient (Wildman–Crippen LogP) is 3.17. The predicted molar refractivity (Wildman–Crippen MR) is 69.9 cm³/mol. The van der Waals surface area contributed by atoms with E-state index in [1.807, 2.05) is 0 Å². The van der Waals surface area contributed by atoms with Gasteiger partial charge in [-0.15, -0.1) is 0 Å². The maximum absolute atomic E-state index is 13.0. The number of aromatic amines is 1. The molecule has 20 heavy (non-hydrogen) atoms. The van der Waals surface area contributed by atoms with Gasteiger partial charge < -0.3 is 10.7 Å². The van der Waals surface area contributed by atoms with Crippen LogP contribution in [0.2, 0.25) is 0 Å². The van der Waals surface area contributed by atoms with Gasteiger partial charge in [-0.3, -0.25) is 4.68 Å². The summed E-state index contributed by atoms with van der Waals surface area (Å²) < 4.78 is 40.4. The number of alkyl halides is 3. The molecule has 0 unspecified atom stereocenters. The van der Waals surface area contributed by atoms with E-state index >= 15 is 0 Å². The number of hydrogen-bond donors (Lipinski definition) is 2. The summed E-state index contributed by atoms with van der Waals surface area (Å²) in [5, 5.41) is 4.47. The number of para-hydroxylation sites is 1. The van der Waals surface area contributed by atoms with Crippen LogP contribution in [-0.4, -0.2) is 14.8 Å². The first-order chi connectivity index (χ1) is 9.38. The van der Waals surface area contributed by atoms with Gasteiger partial charge >= 0.3 is 6.18 Å². The van der Waals surface area contributed by atoms with Gasteiger partial charge in [-0.2, -0.15) is 18.3 Å². The smallest absolute Gasteiger partial charge is 0.396 e. The SMILES string of the molecule is Cn1ncc(N)c1-c1cc2cccc(C(F)(F)F)c2[nH]1. The Labute approximate surface area is 112 Å². The molecule has 104 valence electrons. The summed E-state index contributed by atoms with van der Waals surface area (Å²) in [4.78, 5) is 2.79. The molecule has 7 heteroatoms. The molecule has 4 nitrogen and oxygen atoms in total. The van der Waals surface area contributed by atoms with Gasteiger partial charge in [-0.25, -0.2) is 0 Å². The highest BCUT2D eigenvalue weighted by atomic mass is 19.4. The fourth-order valence-corrected chi connectivity index (χ4v) is 2.30. The molecule has 0 saturated carbocycles. The number of rotatable bonds is 1. The zero-order valence-electron chi connectivity index (χ0n) is 10.5. The molecular weight excluding hydrogens is 269 g/mol. The summed E-state index contributed by atoms with van der Waals surface area (Å²) in [7, 11) is 1.68. The summed E-state index contributed by atoms with van der Waals surface area (Å²) in [6, 6.07) is 5.69. The minimum absolute atomic E-state index is 0.0515. The molecule has 0 aliphatic rings. The van der Waals surface area contributed by atoms with Gasteiger partial charge in [0.2, 0.25) is 0 Å². The van der Waals surface area contributed by atoms with Gasteiger partial charge in [-0.05, 0) is 12.1 Å². The van der Waals surface area contributed by atoms with E-state index in [4.69, 9.17) is 5.73 Å². The van der Waals surface area contributed by atoms with Gasteiger partial charge in [0.25, 0.3) is 0 Å². The lowest BCUT2D eigenvalue weighted by Gasteiger charge is -2.07. The van der Waals surface area contributed by atoms with Crippen molar-refractivity contribution < 1.29 is 13.2 Å². The number of H-pyrrole nitrogens is 1. The van der Waals surface area contributed by atoms with Crippen molar-refractivity contribution >= 4 is 16.6 Å². The topological polar surface area (TPSA) is 59.6 Å². The molecule has 2 heterocycles. The number of anilines is 1. The van der Waals surface area contributed by atoms with Crippen LogP contribution in [0.15, 0.2) is 30.5 Å². The van der Waals surface area contributed by atoms with E-state index in [0.717, 1.165) is 6.07 Å². The Hall–Kier alpha value is -2.44. The standard InChI is InChI=1S/C13H11F3N4/c1-20-12(9(17)6-18-20)10-5-7-3-2-4-8(11(7)19-10)13(14,15)16/h2-6,19H,17H2,1H3. The van der Waals surface area contributed by atoms with Crippen molar-refractivity contribution in [3.05, 3.63) is 36.0 Å². The molecule has 3 rings (SSSR count). The van der Waals surface area contributed by atoms with Gasteiger partial charge in [0, 0.05) is 12.4 Å². The number of nitrogens with zero attached hydrogens (tertiary/aromatic N) is 2. The van der Waals surface area contributed by atoms with Crippen molar-refractivity contribution in [3.8, 4) is 11.4 Å². The summed E-state index contributed by atoms with van der Waals surface area (Å²) >= 11 is 0. The van der Waals surface area contributed by atoms with Crippen LogP contribution in [0.5, 0.6) is 0 Å². The number of aryl methyl sites for hydroxylation is 1. The Morgan fingerprint density at radius 1 is 1.30 bits per heavy atom. The quantitative estimate of drug-likeness (QED) is 0.719. The normalized spacial score (nSPS) is 12.2. The van der Waals surface area contributed by atoms with Gasteiger partial charge in [0.05, 0.1) is 28.7 Å². The first-order valence-electron chi connectivity index (χ1n) is 5.84. The summed E-state index contributed by atoms with van der Waals surface area (Å²) in [5.41, 5.74) is 6.63. The number of halogens is 3. The van der Waals surface area contributed by atoms with Crippen LogP contribution in [0, 0.1) is 0 Å². The number of hydrogen-bond acceptors (Lipinski definition) is 2. The van der Waals surface area contributed by atoms with Crippen molar-refractivity contribution in [2.45, 2.75) is 6.18 Å². The maximum atomic E-state index is 13.0. The van der Waals surface area contributed by atoms with Crippen molar-refractivity contribution in [2.75, 3.05) is 5.73 Å². The van der Waals surface area contributed by atoms with E-state index < -0.39 is 11.7 Å². The van der Waals surface area contributed by atoms with Crippen LogP contribution in [0.3, 0.4) is 0 Å². The van der Waals surface area contributed by atoms with Gasteiger partial charge in [0.15, 0.2) is 0 Å². The Morgan fingerprint density at radius 2 is 2.05 bits per heavy atom. The van der Waals surface area contributed by atoms with Crippen LogP contribution in [-0.2, 0) is 13.2 Å². The summed E-state index contributed by atoms with van der Waals surface area (Å²) in [6.07, 6.45) is -2.94. The molecule has 0 atom stereocenters. The van der Waals surface area contributed by atoms with E-state index in [0.29, 0.717) is 22.5 Å². The number of fused-ring (bicyclic) bond motifs is 1. The Balaban J connectivity index is 2.27. The third kappa shape index (κ3) is 1.82. The highest BCUT2D eigenvalue weighted by Gasteiger charge is 2.33. The number of benzene rings is 1. The van der Waals surface area contributed by atoms with E-state index in [1.54, 1.807) is 19.2 Å². The molecule has 0 spiro atoms. The minimum Gasteiger partial charge on any atom is -0.396 e. The average molecular weight is 280 g/mol. The first kappa shape index (κ1) is 12.6. The second kappa shape index (κ2) is 4.03. The molecule has 0 saturated heterocycles. The summed E-state index contributed by atoms with van der Waals surface area (Å²) in [5.74, 6) is 0. The van der Waals surface area contributed by atoms with Crippen molar-refractivity contribution in [2.24, 2.45) is 7.05 Å². The number of nitrogens with one attached hydrogen (secondary N) is 1. The summed E-state index contributed by atoms with van der Waals surface area (Å²) in [6.45, 7) is 0. The monoisotopic (exact) mass is 280 g/mol. The van der Waals surface area contributed by atoms with Crippen LogP contribution >= 0.6 is 0 Å². The molecule has 3 aromatic rings. The zero-order valence-corrected chi connectivity index (χ0v) is 10.5. The van der Waals surface area contributed by atoms with Gasteiger partial charge in [-0.1, -0.05) is 12.1 Å². The molecule has 0 aliphatic carbocycles. The lowest BCUT2D eigenvalue weighted by Crippen LogP contribution is -2.05. The Morgan fingerprint density at radius 3 is 2.65 bits per heavy atom. The molecule has 0 fully saturated rings. The highest BCUT2D eigenvalue weighted by Crippen LogP contribution is 2.36. The molecule has 0 bridgehead atoms. The zero-order chi connectivity index (χ0) is 14.5. The molecule has 3 N–H and O–H groups in total. The number of nitrogens with two attached hydrogens (primary N) is 1. The average Bonchev–Trinajstić information content (AvgIpc) is 2.90. The number of nitrogen functional groups attached to an aromatic ring is 1. The Bertz CT molecular complexity index is 763. The lowest BCUT2D eigenvalue weighted by atomic mass is 10.1. The number of aromatic nitrogens is 3. The van der Waals surface area contributed by atoms with E-state index in [-0.39, 0.29) is 5.52 Å². The minimum atomic E-state index is -4.40. The fourth-order valence-electron chi connectivity index (χ4n) is 2.30. The second-order valence-corrected chi connectivity index (χ2v) is 4.52. The van der Waals surface area contributed by atoms with Crippen LogP contribution in [0.4, 0.5) is 18.9 Å². The molecule has 2 aromatic heterocycles. The fraction of sp³-hybridized carbons (Fsp3) is 0.154. The van der Waals surface area contributed by atoms with Crippen molar-refractivity contribution in [1.29, 1.82) is 0 Å². The third-order valence-corrected chi connectivity index (χ3v) is 3.18. The van der Waals surface area contributed by atoms with Crippen LogP contribution in [0.25, 0.3) is 22.3 Å². The largest absolute Gasteiger partial charge is 0.418 e. The highest BCUT2D eigenvalue weighted by molar-refractivity contribution is 5.89. The maximum Gasteiger partial charge on any atom is 0.418 e. The van der Waals surface area contributed by atoms with Crippen LogP contribution < -0.4 is 5.73 Å². The third-order valence-electron chi connectivity index (χ3n) is 3.18. The van der Waals surface area contributed by atoms with Crippen LogP contribution in [0.1, 0.15) is 5.56 Å². The lowest BCUT2D eigenvalue weighted by molar-refractivity contribution is -0.136. The van der Waals surface area contributed by atoms with E-state index in [2.05, 4.69) is 10.1 Å². The molecular formula is C13H11F3N4. The first-order valence-corrected chi connectivity index (χ1v) is 5.84. The molecule has 0 radical (unpaired) electrons. The van der Waals surface area contributed by atoms with Crippen molar-refractivity contribution in [3.63, 3.8) is 0 Å². The Kier molecular flexibility index (Phi) is 2.53. The second-order valence-electron chi connectivity index (χ2n) is 4.52. The van der Waals surface area contributed by atoms with Crippen molar-refractivity contribution in [1.82, 2.24) is 14.8 Å². The molecule has 1 aromatic carbocycles. The van der Waals surface area contributed by atoms with E-state index in [1.165, 1.54) is 16.9 Å². The molecule has 0 aliphatic heterocycles.